The maximum atomic E-state index is 4.56. The van der Waals surface area contributed by atoms with Crippen molar-refractivity contribution >= 4 is 49.7 Å². The highest BCUT2D eigenvalue weighted by molar-refractivity contribution is 6.05. The van der Waals surface area contributed by atoms with Crippen molar-refractivity contribution in [1.82, 2.24) is 20.4 Å². The summed E-state index contributed by atoms with van der Waals surface area (Å²) in [6.45, 7) is 18.6. The minimum atomic E-state index is 0.601. The summed E-state index contributed by atoms with van der Waals surface area (Å²) in [4.78, 5) is 40.9. The Bertz CT molecular complexity index is 1350. The van der Waals surface area contributed by atoms with Crippen LogP contribution in [0, 0.1) is 0 Å². The van der Waals surface area contributed by atoms with Gasteiger partial charge in [-0.3, -0.25) is 39.9 Å². The van der Waals surface area contributed by atoms with E-state index in [1.807, 2.05) is 62.1 Å². The number of nitrogens with one attached hydrogen (secondary N) is 2. The molecule has 0 saturated heterocycles. The van der Waals surface area contributed by atoms with Crippen molar-refractivity contribution in [3.63, 3.8) is 0 Å². The lowest BCUT2D eigenvalue weighted by Crippen LogP contribution is -2.17. The van der Waals surface area contributed by atoms with Crippen molar-refractivity contribution < 1.29 is 0 Å². The molecular weight excluding hydrogens is 649 g/mol. The molecular formula is C40H58N12. The van der Waals surface area contributed by atoms with E-state index in [-0.39, 0.29) is 0 Å². The standard InChI is InChI=1S/C40H58N12/c1-5-51(6-2)33-39-29-45-17-13-41-23-37(24-42-14-18-46-30-39)27-49-21-35-9-11-36(12-10-35)22-50-28-38-25-43-15-19-47-31-40(34-52(7-3)8-4)32-48-20-16-44-26-38/h9-12,23-34,49-50H,5-8,13-22H2,1-4H3. The van der Waals surface area contributed by atoms with E-state index in [2.05, 4.69) is 125 Å². The summed E-state index contributed by atoms with van der Waals surface area (Å²) >= 11 is 0. The van der Waals surface area contributed by atoms with Gasteiger partial charge in [0.2, 0.25) is 0 Å². The molecule has 0 saturated carbocycles. The molecule has 3 rings (SSSR count). The van der Waals surface area contributed by atoms with E-state index in [0.29, 0.717) is 65.4 Å². The van der Waals surface area contributed by atoms with Gasteiger partial charge in [0, 0.05) is 136 Å². The maximum absolute atomic E-state index is 4.56. The van der Waals surface area contributed by atoms with Gasteiger partial charge in [-0.1, -0.05) is 24.3 Å². The number of allylic oxidation sites excluding steroid dienone is 4. The molecule has 0 fully saturated rings. The topological polar surface area (TPSA) is 129 Å². The number of nitrogens with zero attached hydrogens (tertiary/aromatic N) is 10. The molecule has 2 aliphatic heterocycles. The quantitative estimate of drug-likeness (QED) is 0.327. The number of aliphatic imine (C=N–C) groups is 8. The zero-order valence-electron chi connectivity index (χ0n) is 31.6. The first kappa shape index (κ1) is 41.2. The van der Waals surface area contributed by atoms with Crippen molar-refractivity contribution in [3.05, 3.63) is 82.5 Å². The Balaban J connectivity index is 1.49. The fraction of sp³-hybridized carbons (Fsp3) is 0.450. The third kappa shape index (κ3) is 18.1. The zero-order valence-corrected chi connectivity index (χ0v) is 31.6. The Morgan fingerprint density at radius 1 is 0.423 bits per heavy atom. The molecule has 2 heterocycles. The van der Waals surface area contributed by atoms with E-state index < -0.39 is 0 Å². The van der Waals surface area contributed by atoms with E-state index in [1.54, 1.807) is 0 Å². The van der Waals surface area contributed by atoms with Crippen molar-refractivity contribution in [2.45, 2.75) is 40.8 Å². The van der Waals surface area contributed by atoms with E-state index in [9.17, 15) is 0 Å². The predicted molar refractivity (Wildman–Crippen MR) is 225 cm³/mol. The van der Waals surface area contributed by atoms with Crippen molar-refractivity contribution in [3.8, 4) is 0 Å². The van der Waals surface area contributed by atoms with Crippen molar-refractivity contribution in [2.24, 2.45) is 39.9 Å². The van der Waals surface area contributed by atoms with Crippen LogP contribution in [0.3, 0.4) is 0 Å². The van der Waals surface area contributed by atoms with Gasteiger partial charge in [-0.2, -0.15) is 0 Å². The number of hydrogen-bond donors (Lipinski definition) is 2. The van der Waals surface area contributed by atoms with Gasteiger partial charge in [0.05, 0.1) is 52.4 Å². The molecule has 0 atom stereocenters. The summed E-state index contributed by atoms with van der Waals surface area (Å²) < 4.78 is 0. The molecule has 12 nitrogen and oxygen atoms in total. The van der Waals surface area contributed by atoms with Crippen LogP contribution in [-0.4, -0.2) is 138 Å². The van der Waals surface area contributed by atoms with Crippen LogP contribution in [0.15, 0.2) is 111 Å². The lowest BCUT2D eigenvalue weighted by atomic mass is 10.1. The van der Waals surface area contributed by atoms with Crippen molar-refractivity contribution in [2.75, 3.05) is 78.5 Å². The lowest BCUT2D eigenvalue weighted by molar-refractivity contribution is 0.418. The molecule has 52 heavy (non-hydrogen) atoms. The largest absolute Gasteiger partial charge is 0.386 e. The van der Waals surface area contributed by atoms with E-state index in [4.69, 9.17) is 0 Å². The van der Waals surface area contributed by atoms with Crippen LogP contribution in [0.4, 0.5) is 0 Å². The van der Waals surface area contributed by atoms with Crippen LogP contribution in [0.2, 0.25) is 0 Å². The highest BCUT2D eigenvalue weighted by Crippen LogP contribution is 2.05. The third-order valence-electron chi connectivity index (χ3n) is 7.82. The number of rotatable bonds is 12. The van der Waals surface area contributed by atoms with Gasteiger partial charge in [-0.15, -0.1) is 0 Å². The molecule has 278 valence electrons. The van der Waals surface area contributed by atoms with Crippen LogP contribution in [0.1, 0.15) is 38.8 Å². The van der Waals surface area contributed by atoms with Gasteiger partial charge in [0.25, 0.3) is 0 Å². The summed E-state index contributed by atoms with van der Waals surface area (Å²) in [5.41, 5.74) is 6.15. The van der Waals surface area contributed by atoms with Crippen LogP contribution in [-0.2, 0) is 13.1 Å². The second-order valence-electron chi connectivity index (χ2n) is 11.8. The van der Waals surface area contributed by atoms with Gasteiger partial charge in [0.15, 0.2) is 0 Å². The number of hydrogen-bond acceptors (Lipinski definition) is 12. The van der Waals surface area contributed by atoms with Gasteiger partial charge >= 0.3 is 0 Å². The summed E-state index contributed by atoms with van der Waals surface area (Å²) in [5, 5.41) is 6.81. The second kappa shape index (κ2) is 26.5. The first-order valence-corrected chi connectivity index (χ1v) is 18.5. The van der Waals surface area contributed by atoms with Crippen molar-refractivity contribution in [1.29, 1.82) is 0 Å². The minimum absolute atomic E-state index is 0.601. The highest BCUT2D eigenvalue weighted by atomic mass is 15.1. The Hall–Kier alpha value is -5.26. The summed E-state index contributed by atoms with van der Waals surface area (Å²) in [5.74, 6) is 0. The lowest BCUT2D eigenvalue weighted by Gasteiger charge is -2.15. The average molecular weight is 707 g/mol. The summed E-state index contributed by atoms with van der Waals surface area (Å²) in [6, 6.07) is 8.55. The Kier molecular flexibility index (Phi) is 21.0. The van der Waals surface area contributed by atoms with E-state index in [1.165, 1.54) is 11.1 Å². The number of benzene rings is 1. The third-order valence-corrected chi connectivity index (χ3v) is 7.82. The molecule has 1 aromatic carbocycles. The van der Waals surface area contributed by atoms with Gasteiger partial charge < -0.3 is 20.4 Å². The fourth-order valence-corrected chi connectivity index (χ4v) is 4.82. The predicted octanol–water partition coefficient (Wildman–Crippen LogP) is 4.68. The minimum Gasteiger partial charge on any atom is -0.386 e. The molecule has 0 aliphatic carbocycles. The maximum Gasteiger partial charge on any atom is 0.0585 e. The molecule has 2 N–H and O–H groups in total. The summed E-state index contributed by atoms with van der Waals surface area (Å²) in [7, 11) is 0. The van der Waals surface area contributed by atoms with Crippen LogP contribution >= 0.6 is 0 Å². The Morgan fingerprint density at radius 2 is 0.673 bits per heavy atom. The molecule has 0 aromatic heterocycles. The molecule has 0 spiro atoms. The normalized spacial score (nSPS) is 15.9. The smallest absolute Gasteiger partial charge is 0.0585 e. The van der Waals surface area contributed by atoms with Gasteiger partial charge in [0.1, 0.15) is 0 Å². The molecule has 0 unspecified atom stereocenters. The van der Waals surface area contributed by atoms with Crippen LogP contribution in [0.5, 0.6) is 0 Å². The Labute approximate surface area is 311 Å². The first-order chi connectivity index (χ1) is 25.6. The van der Waals surface area contributed by atoms with E-state index >= 15 is 0 Å². The average Bonchev–Trinajstić information content (AvgIpc) is 3.16. The summed E-state index contributed by atoms with van der Waals surface area (Å²) in [6.07, 6.45) is 23.0. The fourth-order valence-electron chi connectivity index (χ4n) is 4.82. The molecule has 0 radical (unpaired) electrons. The van der Waals surface area contributed by atoms with Crippen LogP contribution < -0.4 is 10.6 Å². The molecule has 1 aromatic rings. The molecule has 0 amide bonds. The molecule has 12 heteroatoms. The first-order valence-electron chi connectivity index (χ1n) is 18.5. The zero-order chi connectivity index (χ0) is 36.9. The molecule has 0 bridgehead atoms. The SMILES string of the molecule is CCN(C=C1C=NCCN=CC(=CNCc2ccc(CNC=C3C=NCCN=CC(=CN(CC)CC)C=NCCN=C3)cc2)C=NCCN=C1)CC. The second-order valence-corrected chi connectivity index (χ2v) is 11.8. The van der Waals surface area contributed by atoms with Crippen LogP contribution in [0.25, 0.3) is 0 Å². The monoisotopic (exact) mass is 706 g/mol. The Morgan fingerprint density at radius 3 is 0.923 bits per heavy atom. The van der Waals surface area contributed by atoms with Gasteiger partial charge in [-0.25, -0.2) is 0 Å². The highest BCUT2D eigenvalue weighted by Gasteiger charge is 1.99. The van der Waals surface area contributed by atoms with Gasteiger partial charge in [-0.05, 0) is 38.8 Å². The van der Waals surface area contributed by atoms with E-state index in [0.717, 1.165) is 48.5 Å². The molecule has 2 aliphatic rings.